The zero-order chi connectivity index (χ0) is 19.2. The average Bonchev–Trinajstić information content (AvgIpc) is 2.61. The Labute approximate surface area is 150 Å². The Morgan fingerprint density at radius 3 is 2.12 bits per heavy atom. The summed E-state index contributed by atoms with van der Waals surface area (Å²) in [4.78, 5) is 22.7. The fourth-order valence-electron chi connectivity index (χ4n) is 2.50. The van der Waals surface area contributed by atoms with Gasteiger partial charge in [0.15, 0.2) is 0 Å². The summed E-state index contributed by atoms with van der Waals surface area (Å²) >= 11 is 0. The minimum atomic E-state index is -4.56. The van der Waals surface area contributed by atoms with Gasteiger partial charge in [-0.15, -0.1) is 0 Å². The number of hydrogen-bond acceptors (Lipinski definition) is 7. The maximum absolute atomic E-state index is 12.8. The van der Waals surface area contributed by atoms with E-state index in [1.54, 1.807) is 36.4 Å². The molecule has 0 saturated heterocycles. The Hall–Kier alpha value is -2.94. The van der Waals surface area contributed by atoms with E-state index in [-0.39, 0.29) is 5.75 Å². The standard InChI is InChI=1S/C17H17NO7S/c1-24-17(19)16(26(22,23)25-14-10-6-3-7-11-14)15(12-18(20)21)13-8-4-2-5-9-13/h2-11,15-16H,12H2,1H3/t15-,16+/m0/s1. The van der Waals surface area contributed by atoms with Crippen LogP contribution in [0.3, 0.4) is 0 Å². The summed E-state index contributed by atoms with van der Waals surface area (Å²) in [7, 11) is -3.54. The fourth-order valence-corrected chi connectivity index (χ4v) is 3.96. The second-order valence-electron chi connectivity index (χ2n) is 5.37. The lowest BCUT2D eigenvalue weighted by molar-refractivity contribution is -0.483. The molecule has 0 bridgehead atoms. The lowest BCUT2D eigenvalue weighted by atomic mass is 9.95. The van der Waals surface area contributed by atoms with E-state index in [4.69, 9.17) is 4.18 Å². The summed E-state index contributed by atoms with van der Waals surface area (Å²) < 4.78 is 35.1. The van der Waals surface area contributed by atoms with Crippen LogP contribution in [0.25, 0.3) is 0 Å². The molecule has 0 saturated carbocycles. The number of carbonyl (C=O) groups excluding carboxylic acids is 1. The summed E-state index contributed by atoms with van der Waals surface area (Å²) in [6.07, 6.45) is 0. The number of methoxy groups -OCH3 is 1. The summed E-state index contributed by atoms with van der Waals surface area (Å²) in [5.74, 6) is -2.40. The molecule has 9 heteroatoms. The van der Waals surface area contributed by atoms with Crippen molar-refractivity contribution in [1.82, 2.24) is 0 Å². The number of benzene rings is 2. The smallest absolute Gasteiger partial charge is 0.328 e. The van der Waals surface area contributed by atoms with Gasteiger partial charge in [-0.05, 0) is 17.7 Å². The maximum Gasteiger partial charge on any atom is 0.328 e. The quantitative estimate of drug-likeness (QED) is 0.298. The number of ether oxygens (including phenoxy) is 1. The molecule has 8 nitrogen and oxygen atoms in total. The molecule has 0 aliphatic heterocycles. The van der Waals surface area contributed by atoms with Crippen molar-refractivity contribution in [2.45, 2.75) is 11.2 Å². The van der Waals surface area contributed by atoms with Gasteiger partial charge in [-0.1, -0.05) is 48.5 Å². The number of hydrogen-bond donors (Lipinski definition) is 0. The number of esters is 1. The van der Waals surface area contributed by atoms with Crippen LogP contribution in [0, 0.1) is 10.1 Å². The average molecular weight is 379 g/mol. The van der Waals surface area contributed by atoms with Crippen LogP contribution in [0.1, 0.15) is 11.5 Å². The molecule has 0 aliphatic carbocycles. The van der Waals surface area contributed by atoms with Crippen molar-refractivity contribution in [3.63, 3.8) is 0 Å². The molecular weight excluding hydrogens is 362 g/mol. The van der Waals surface area contributed by atoms with Crippen LogP contribution in [0.15, 0.2) is 60.7 Å². The van der Waals surface area contributed by atoms with E-state index < -0.39 is 38.7 Å². The van der Waals surface area contributed by atoms with Crippen molar-refractivity contribution in [2.24, 2.45) is 0 Å². The van der Waals surface area contributed by atoms with Crippen molar-refractivity contribution in [3.05, 3.63) is 76.3 Å². The largest absolute Gasteiger partial charge is 0.468 e. The molecule has 26 heavy (non-hydrogen) atoms. The highest BCUT2D eigenvalue weighted by atomic mass is 32.2. The lowest BCUT2D eigenvalue weighted by Gasteiger charge is -2.22. The molecule has 2 aromatic rings. The van der Waals surface area contributed by atoms with Gasteiger partial charge in [0.05, 0.1) is 13.0 Å². The van der Waals surface area contributed by atoms with Crippen LogP contribution in [-0.4, -0.2) is 38.2 Å². The molecule has 0 aliphatic rings. The highest BCUT2D eigenvalue weighted by Gasteiger charge is 2.45. The molecule has 2 rings (SSSR count). The minimum Gasteiger partial charge on any atom is -0.468 e. The van der Waals surface area contributed by atoms with Crippen molar-refractivity contribution in [2.75, 3.05) is 13.7 Å². The Morgan fingerprint density at radius 2 is 1.62 bits per heavy atom. The predicted octanol–water partition coefficient (Wildman–Crippen LogP) is 2.00. The lowest BCUT2D eigenvalue weighted by Crippen LogP contribution is -2.42. The van der Waals surface area contributed by atoms with Gasteiger partial charge in [0.1, 0.15) is 5.75 Å². The molecule has 0 spiro atoms. The summed E-state index contributed by atoms with van der Waals surface area (Å²) in [5.41, 5.74) is 0.319. The summed E-state index contributed by atoms with van der Waals surface area (Å²) in [6.45, 7) is -0.777. The van der Waals surface area contributed by atoms with Crippen molar-refractivity contribution >= 4 is 16.1 Å². The normalized spacial score (nSPS) is 13.4. The zero-order valence-electron chi connectivity index (χ0n) is 13.8. The maximum atomic E-state index is 12.8. The first-order chi connectivity index (χ1) is 12.3. The third kappa shape index (κ3) is 4.79. The topological polar surface area (TPSA) is 113 Å². The number of carbonyl (C=O) groups is 1. The molecule has 0 heterocycles. The number of rotatable bonds is 8. The Balaban J connectivity index is 2.49. The van der Waals surface area contributed by atoms with E-state index in [1.807, 2.05) is 0 Å². The van der Waals surface area contributed by atoms with Gasteiger partial charge >= 0.3 is 16.1 Å². The molecule has 0 fully saturated rings. The summed E-state index contributed by atoms with van der Waals surface area (Å²) in [6, 6.07) is 15.5. The molecule has 0 aromatic heterocycles. The van der Waals surface area contributed by atoms with Crippen LogP contribution in [0.5, 0.6) is 5.75 Å². The fraction of sp³-hybridized carbons (Fsp3) is 0.235. The molecule has 138 valence electrons. The highest BCUT2D eigenvalue weighted by Crippen LogP contribution is 2.28. The first kappa shape index (κ1) is 19.4. The van der Waals surface area contributed by atoms with E-state index >= 15 is 0 Å². The monoisotopic (exact) mass is 379 g/mol. The van der Waals surface area contributed by atoms with Crippen LogP contribution in [0.2, 0.25) is 0 Å². The third-order valence-electron chi connectivity index (χ3n) is 3.64. The highest BCUT2D eigenvalue weighted by molar-refractivity contribution is 7.88. The number of nitro groups is 1. The van der Waals surface area contributed by atoms with Gasteiger partial charge in [0, 0.05) is 4.92 Å². The van der Waals surface area contributed by atoms with Crippen molar-refractivity contribution in [3.8, 4) is 5.75 Å². The predicted molar refractivity (Wildman–Crippen MR) is 92.8 cm³/mol. The second-order valence-corrected chi connectivity index (χ2v) is 7.03. The first-order valence-corrected chi connectivity index (χ1v) is 9.05. The van der Waals surface area contributed by atoms with E-state index in [1.165, 1.54) is 24.3 Å². The van der Waals surface area contributed by atoms with Gasteiger partial charge in [0.25, 0.3) is 0 Å². The second kappa shape index (κ2) is 8.43. The molecule has 0 radical (unpaired) electrons. The Kier molecular flexibility index (Phi) is 6.29. The van der Waals surface area contributed by atoms with Crippen molar-refractivity contribution < 1.29 is 27.1 Å². The SMILES string of the molecule is COC(=O)[C@@H]([C@@H](C[N+](=O)[O-])c1ccccc1)S(=O)(=O)Oc1ccccc1. The van der Waals surface area contributed by atoms with E-state index in [0.717, 1.165) is 7.11 Å². The van der Waals surface area contributed by atoms with E-state index in [0.29, 0.717) is 5.56 Å². The molecule has 2 atom stereocenters. The van der Waals surface area contributed by atoms with Crippen LogP contribution in [-0.2, 0) is 19.6 Å². The molecule has 0 amide bonds. The molecule has 0 unspecified atom stereocenters. The summed E-state index contributed by atoms with van der Waals surface area (Å²) in [5, 5.41) is 9.21. The van der Waals surface area contributed by atoms with Gasteiger partial charge in [-0.3, -0.25) is 14.9 Å². The van der Waals surface area contributed by atoms with Gasteiger partial charge < -0.3 is 8.92 Å². The zero-order valence-corrected chi connectivity index (χ0v) is 14.7. The number of nitrogens with zero attached hydrogens (tertiary/aromatic N) is 1. The van der Waals surface area contributed by atoms with Crippen LogP contribution >= 0.6 is 0 Å². The van der Waals surface area contributed by atoms with Gasteiger partial charge in [-0.25, -0.2) is 0 Å². The Bertz CT molecular complexity index is 853. The van der Waals surface area contributed by atoms with Gasteiger partial charge in [-0.2, -0.15) is 8.42 Å². The van der Waals surface area contributed by atoms with Crippen molar-refractivity contribution in [1.29, 1.82) is 0 Å². The number of para-hydroxylation sites is 1. The third-order valence-corrected chi connectivity index (χ3v) is 5.21. The first-order valence-electron chi connectivity index (χ1n) is 7.58. The van der Waals surface area contributed by atoms with E-state index in [2.05, 4.69) is 4.74 Å². The molecular formula is C17H17NO7S. The van der Waals surface area contributed by atoms with Crippen LogP contribution < -0.4 is 4.18 Å². The Morgan fingerprint density at radius 1 is 1.08 bits per heavy atom. The van der Waals surface area contributed by atoms with E-state index in [9.17, 15) is 23.3 Å². The van der Waals surface area contributed by atoms with Crippen LogP contribution in [0.4, 0.5) is 0 Å². The van der Waals surface area contributed by atoms with Gasteiger partial charge in [0.2, 0.25) is 11.8 Å². The molecule has 2 aromatic carbocycles. The molecule has 0 N–H and O–H groups in total. The minimum absolute atomic E-state index is 0.00526.